The standard InChI is InChI=1S/C20H25N3O2/c1-16(2)17-6-8-18(9-7-17)25-15-20(24)23-13-11-22(12-14-23)19-5-3-4-10-21-19/h3-10,16H,11-15H2,1-2H3. The third-order valence-electron chi connectivity index (χ3n) is 4.51. The van der Waals surface area contributed by atoms with E-state index in [9.17, 15) is 4.79 Å². The molecule has 0 bridgehead atoms. The van der Waals surface area contributed by atoms with Crippen LogP contribution >= 0.6 is 0 Å². The van der Waals surface area contributed by atoms with Gasteiger partial charge in [-0.3, -0.25) is 4.79 Å². The van der Waals surface area contributed by atoms with Gasteiger partial charge in [0.1, 0.15) is 11.6 Å². The molecule has 5 nitrogen and oxygen atoms in total. The van der Waals surface area contributed by atoms with Crippen molar-refractivity contribution in [3.8, 4) is 5.75 Å². The van der Waals surface area contributed by atoms with Crippen molar-refractivity contribution < 1.29 is 9.53 Å². The lowest BCUT2D eigenvalue weighted by Crippen LogP contribution is -2.50. The van der Waals surface area contributed by atoms with Gasteiger partial charge in [-0.15, -0.1) is 0 Å². The van der Waals surface area contributed by atoms with E-state index in [0.717, 1.165) is 24.7 Å². The molecule has 5 heteroatoms. The Hall–Kier alpha value is -2.56. The molecule has 1 amide bonds. The average molecular weight is 339 g/mol. The molecule has 0 saturated carbocycles. The van der Waals surface area contributed by atoms with Gasteiger partial charge >= 0.3 is 0 Å². The maximum Gasteiger partial charge on any atom is 0.260 e. The molecule has 2 aromatic rings. The molecule has 0 radical (unpaired) electrons. The lowest BCUT2D eigenvalue weighted by atomic mass is 10.0. The fourth-order valence-electron chi connectivity index (χ4n) is 2.91. The van der Waals surface area contributed by atoms with Gasteiger partial charge in [-0.25, -0.2) is 4.98 Å². The number of rotatable bonds is 5. The van der Waals surface area contributed by atoms with Crippen LogP contribution in [0.15, 0.2) is 48.7 Å². The minimum absolute atomic E-state index is 0.0357. The second-order valence-electron chi connectivity index (χ2n) is 6.57. The molecule has 132 valence electrons. The number of aromatic nitrogens is 1. The number of benzene rings is 1. The van der Waals surface area contributed by atoms with E-state index in [1.807, 2.05) is 35.2 Å². The fraction of sp³-hybridized carbons (Fsp3) is 0.400. The summed E-state index contributed by atoms with van der Waals surface area (Å²) in [6, 6.07) is 13.9. The van der Waals surface area contributed by atoms with Gasteiger partial charge in [0.15, 0.2) is 6.61 Å². The Morgan fingerprint density at radius 1 is 1.08 bits per heavy atom. The predicted octanol–water partition coefficient (Wildman–Crippen LogP) is 2.93. The summed E-state index contributed by atoms with van der Waals surface area (Å²) in [6.45, 7) is 7.40. The zero-order chi connectivity index (χ0) is 17.6. The molecule has 0 spiro atoms. The van der Waals surface area contributed by atoms with E-state index in [1.165, 1.54) is 5.56 Å². The van der Waals surface area contributed by atoms with Crippen LogP contribution in [0.3, 0.4) is 0 Å². The summed E-state index contributed by atoms with van der Waals surface area (Å²) in [6.07, 6.45) is 1.80. The number of nitrogens with zero attached hydrogens (tertiary/aromatic N) is 3. The van der Waals surface area contributed by atoms with E-state index in [0.29, 0.717) is 19.0 Å². The second kappa shape index (κ2) is 8.01. The van der Waals surface area contributed by atoms with Crippen molar-refractivity contribution in [1.29, 1.82) is 0 Å². The van der Waals surface area contributed by atoms with Crippen molar-refractivity contribution in [3.63, 3.8) is 0 Å². The van der Waals surface area contributed by atoms with Crippen LogP contribution in [0, 0.1) is 0 Å². The Kier molecular flexibility index (Phi) is 5.53. The van der Waals surface area contributed by atoms with Gasteiger partial charge in [0.25, 0.3) is 5.91 Å². The Bertz CT molecular complexity index is 678. The Labute approximate surface area is 149 Å². The first-order valence-corrected chi connectivity index (χ1v) is 8.80. The van der Waals surface area contributed by atoms with Crippen LogP contribution in [-0.2, 0) is 4.79 Å². The highest BCUT2D eigenvalue weighted by atomic mass is 16.5. The summed E-state index contributed by atoms with van der Waals surface area (Å²) < 4.78 is 5.65. The van der Waals surface area contributed by atoms with Crippen molar-refractivity contribution >= 4 is 11.7 Å². The molecule has 0 unspecified atom stereocenters. The first-order chi connectivity index (χ1) is 12.1. The Balaban J connectivity index is 1.46. The van der Waals surface area contributed by atoms with Crippen molar-refractivity contribution in [2.75, 3.05) is 37.7 Å². The van der Waals surface area contributed by atoms with Gasteiger partial charge in [-0.2, -0.15) is 0 Å². The lowest BCUT2D eigenvalue weighted by molar-refractivity contribution is -0.133. The normalized spacial score (nSPS) is 14.7. The van der Waals surface area contributed by atoms with E-state index in [4.69, 9.17) is 4.74 Å². The van der Waals surface area contributed by atoms with E-state index in [-0.39, 0.29) is 12.5 Å². The summed E-state index contributed by atoms with van der Waals surface area (Å²) in [5.41, 5.74) is 1.27. The molecule has 3 rings (SSSR count). The molecule has 0 aliphatic carbocycles. The highest BCUT2D eigenvalue weighted by Gasteiger charge is 2.22. The molecule has 0 atom stereocenters. The molecular weight excluding hydrogens is 314 g/mol. The number of carbonyl (C=O) groups is 1. The van der Waals surface area contributed by atoms with Gasteiger partial charge in [-0.1, -0.05) is 32.0 Å². The minimum atomic E-state index is 0.0357. The van der Waals surface area contributed by atoms with Crippen LogP contribution in [-0.4, -0.2) is 48.6 Å². The Morgan fingerprint density at radius 2 is 1.80 bits per heavy atom. The van der Waals surface area contributed by atoms with E-state index < -0.39 is 0 Å². The molecule has 1 aromatic heterocycles. The summed E-state index contributed by atoms with van der Waals surface area (Å²) in [7, 11) is 0. The fourth-order valence-corrected chi connectivity index (χ4v) is 2.91. The topological polar surface area (TPSA) is 45.7 Å². The number of hydrogen-bond donors (Lipinski definition) is 0. The van der Waals surface area contributed by atoms with Crippen molar-refractivity contribution in [2.24, 2.45) is 0 Å². The summed E-state index contributed by atoms with van der Waals surface area (Å²) in [5, 5.41) is 0. The predicted molar refractivity (Wildman–Crippen MR) is 99.1 cm³/mol. The van der Waals surface area contributed by atoms with Gasteiger partial charge in [0, 0.05) is 32.4 Å². The van der Waals surface area contributed by atoms with Crippen LogP contribution in [0.1, 0.15) is 25.3 Å². The number of pyridine rings is 1. The van der Waals surface area contributed by atoms with Crippen molar-refractivity contribution in [2.45, 2.75) is 19.8 Å². The SMILES string of the molecule is CC(C)c1ccc(OCC(=O)N2CCN(c3ccccn3)CC2)cc1. The van der Waals surface area contributed by atoms with E-state index >= 15 is 0 Å². The van der Waals surface area contributed by atoms with Gasteiger partial charge in [-0.05, 0) is 35.7 Å². The van der Waals surface area contributed by atoms with Crippen LogP contribution in [0.4, 0.5) is 5.82 Å². The second-order valence-corrected chi connectivity index (χ2v) is 6.57. The van der Waals surface area contributed by atoms with Crippen molar-refractivity contribution in [1.82, 2.24) is 9.88 Å². The molecule has 1 aromatic carbocycles. The first kappa shape index (κ1) is 17.3. The molecule has 2 heterocycles. The van der Waals surface area contributed by atoms with Crippen LogP contribution in [0.2, 0.25) is 0 Å². The number of anilines is 1. The zero-order valence-electron chi connectivity index (χ0n) is 14.9. The van der Waals surface area contributed by atoms with Crippen LogP contribution < -0.4 is 9.64 Å². The zero-order valence-corrected chi connectivity index (χ0v) is 14.9. The maximum absolute atomic E-state index is 12.4. The maximum atomic E-state index is 12.4. The average Bonchev–Trinajstić information content (AvgIpc) is 2.67. The number of carbonyl (C=O) groups excluding carboxylic acids is 1. The van der Waals surface area contributed by atoms with Gasteiger partial charge < -0.3 is 14.5 Å². The third kappa shape index (κ3) is 4.50. The summed E-state index contributed by atoms with van der Waals surface area (Å²) in [4.78, 5) is 20.8. The molecular formula is C20H25N3O2. The number of hydrogen-bond acceptors (Lipinski definition) is 4. The molecule has 1 aliphatic heterocycles. The molecule has 1 saturated heterocycles. The molecule has 1 fully saturated rings. The highest BCUT2D eigenvalue weighted by molar-refractivity contribution is 5.78. The minimum Gasteiger partial charge on any atom is -0.484 e. The van der Waals surface area contributed by atoms with E-state index in [2.05, 4.69) is 35.9 Å². The summed E-state index contributed by atoms with van der Waals surface area (Å²) >= 11 is 0. The smallest absolute Gasteiger partial charge is 0.260 e. The van der Waals surface area contributed by atoms with E-state index in [1.54, 1.807) is 6.20 Å². The number of piperazine rings is 1. The Morgan fingerprint density at radius 3 is 2.40 bits per heavy atom. The third-order valence-corrected chi connectivity index (χ3v) is 4.51. The first-order valence-electron chi connectivity index (χ1n) is 8.80. The highest BCUT2D eigenvalue weighted by Crippen LogP contribution is 2.19. The largest absolute Gasteiger partial charge is 0.484 e. The molecule has 0 N–H and O–H groups in total. The van der Waals surface area contributed by atoms with Gasteiger partial charge in [0.2, 0.25) is 0 Å². The molecule has 25 heavy (non-hydrogen) atoms. The van der Waals surface area contributed by atoms with Crippen molar-refractivity contribution in [3.05, 3.63) is 54.2 Å². The monoisotopic (exact) mass is 339 g/mol. The lowest BCUT2D eigenvalue weighted by Gasteiger charge is -2.35. The number of ether oxygens (including phenoxy) is 1. The van der Waals surface area contributed by atoms with Crippen LogP contribution in [0.5, 0.6) is 5.75 Å². The quantitative estimate of drug-likeness (QED) is 0.840. The van der Waals surface area contributed by atoms with Gasteiger partial charge in [0.05, 0.1) is 0 Å². The number of amides is 1. The van der Waals surface area contributed by atoms with Crippen LogP contribution in [0.25, 0.3) is 0 Å². The summed E-state index contributed by atoms with van der Waals surface area (Å²) in [5.74, 6) is 2.24. The molecule has 1 aliphatic rings.